The van der Waals surface area contributed by atoms with E-state index in [0.717, 1.165) is 28.1 Å². The van der Waals surface area contributed by atoms with Crippen LogP contribution in [0.5, 0.6) is 11.5 Å². The highest BCUT2D eigenvalue weighted by molar-refractivity contribution is 6.06. The van der Waals surface area contributed by atoms with Crippen molar-refractivity contribution in [1.82, 2.24) is 4.98 Å². The van der Waals surface area contributed by atoms with E-state index in [9.17, 15) is 4.79 Å². The first kappa shape index (κ1) is 15.0. The molecule has 4 rings (SSSR count). The Kier molecular flexibility index (Phi) is 3.92. The lowest BCUT2D eigenvalue weighted by Crippen LogP contribution is -2.11. The van der Waals surface area contributed by atoms with Gasteiger partial charge in [0, 0.05) is 23.0 Å². The maximum atomic E-state index is 12.4. The lowest BCUT2D eigenvalue weighted by atomic mass is 10.1. The molecule has 0 saturated carbocycles. The summed E-state index contributed by atoms with van der Waals surface area (Å²) in [5, 5.41) is 3.98. The molecule has 0 aliphatic rings. The summed E-state index contributed by atoms with van der Waals surface area (Å²) in [6, 6.07) is 24.4. The van der Waals surface area contributed by atoms with Gasteiger partial charge < -0.3 is 15.0 Å². The number of aromatic nitrogens is 1. The lowest BCUT2D eigenvalue weighted by Gasteiger charge is -2.08. The third-order valence-electron chi connectivity index (χ3n) is 3.91. The normalized spacial score (nSPS) is 10.6. The molecule has 1 heterocycles. The molecule has 0 aliphatic heterocycles. The molecular weight excluding hydrogens is 312 g/mol. The van der Waals surface area contributed by atoms with Gasteiger partial charge in [0.05, 0.1) is 0 Å². The Bertz CT molecular complexity index is 1000. The quantitative estimate of drug-likeness (QED) is 0.540. The molecular formula is C21H16N2O2. The Morgan fingerprint density at radius 2 is 1.60 bits per heavy atom. The van der Waals surface area contributed by atoms with Gasteiger partial charge in [0.2, 0.25) is 0 Å². The molecule has 122 valence electrons. The number of carbonyl (C=O) groups excluding carboxylic acids is 1. The molecule has 0 fully saturated rings. The number of amides is 1. The third kappa shape index (κ3) is 3.38. The molecule has 0 aliphatic carbocycles. The highest BCUT2D eigenvalue weighted by Crippen LogP contribution is 2.23. The van der Waals surface area contributed by atoms with Gasteiger partial charge in [-0.1, -0.05) is 24.3 Å². The lowest BCUT2D eigenvalue weighted by molar-refractivity contribution is 0.102. The molecule has 0 radical (unpaired) electrons. The van der Waals surface area contributed by atoms with Crippen molar-refractivity contribution in [1.29, 1.82) is 0 Å². The van der Waals surface area contributed by atoms with Crippen LogP contribution in [0.1, 0.15) is 10.4 Å². The number of hydrogen-bond acceptors (Lipinski definition) is 2. The number of fused-ring (bicyclic) bond motifs is 1. The third-order valence-corrected chi connectivity index (χ3v) is 3.91. The van der Waals surface area contributed by atoms with E-state index in [2.05, 4.69) is 10.3 Å². The number of hydrogen-bond donors (Lipinski definition) is 2. The van der Waals surface area contributed by atoms with Crippen LogP contribution in [0.2, 0.25) is 0 Å². The Morgan fingerprint density at radius 1 is 0.840 bits per heavy atom. The molecule has 0 saturated heterocycles. The minimum absolute atomic E-state index is 0.145. The molecule has 4 nitrogen and oxygen atoms in total. The van der Waals surface area contributed by atoms with Crippen LogP contribution in [0.3, 0.4) is 0 Å². The van der Waals surface area contributed by atoms with Crippen LogP contribution in [-0.2, 0) is 0 Å². The average Bonchev–Trinajstić information content (AvgIpc) is 3.12. The summed E-state index contributed by atoms with van der Waals surface area (Å²) in [7, 11) is 0. The van der Waals surface area contributed by atoms with Crippen LogP contribution in [0.25, 0.3) is 10.9 Å². The van der Waals surface area contributed by atoms with Gasteiger partial charge in [-0.2, -0.15) is 0 Å². The summed E-state index contributed by atoms with van der Waals surface area (Å²) in [6.45, 7) is 0. The zero-order chi connectivity index (χ0) is 17.1. The second kappa shape index (κ2) is 6.53. The van der Waals surface area contributed by atoms with Crippen LogP contribution in [0.15, 0.2) is 85.1 Å². The molecule has 2 N–H and O–H groups in total. The number of nitrogens with one attached hydrogen (secondary N) is 2. The van der Waals surface area contributed by atoms with Gasteiger partial charge in [0.1, 0.15) is 11.5 Å². The van der Waals surface area contributed by atoms with E-state index in [1.807, 2.05) is 85.1 Å². The zero-order valence-corrected chi connectivity index (χ0v) is 13.4. The van der Waals surface area contributed by atoms with Gasteiger partial charge in [-0.05, 0) is 60.0 Å². The fraction of sp³-hybridized carbons (Fsp3) is 0. The SMILES string of the molecule is O=C(Nc1ccc(Oc2ccccc2)cc1)c1ccc2cc[nH]c2c1. The summed E-state index contributed by atoms with van der Waals surface area (Å²) in [6.07, 6.45) is 1.86. The van der Waals surface area contributed by atoms with Crippen LogP contribution < -0.4 is 10.1 Å². The fourth-order valence-electron chi connectivity index (χ4n) is 2.62. The highest BCUT2D eigenvalue weighted by Gasteiger charge is 2.07. The first-order chi connectivity index (χ1) is 12.3. The minimum Gasteiger partial charge on any atom is -0.457 e. The van der Waals surface area contributed by atoms with Crippen molar-refractivity contribution in [2.24, 2.45) is 0 Å². The van der Waals surface area contributed by atoms with E-state index < -0.39 is 0 Å². The molecule has 4 aromatic rings. The Labute approximate surface area is 145 Å². The van der Waals surface area contributed by atoms with Crippen molar-refractivity contribution in [3.63, 3.8) is 0 Å². The number of ether oxygens (including phenoxy) is 1. The maximum absolute atomic E-state index is 12.4. The monoisotopic (exact) mass is 328 g/mol. The van der Waals surface area contributed by atoms with Crippen molar-refractivity contribution in [3.8, 4) is 11.5 Å². The largest absolute Gasteiger partial charge is 0.457 e. The highest BCUT2D eigenvalue weighted by atomic mass is 16.5. The number of aromatic amines is 1. The van der Waals surface area contributed by atoms with Crippen LogP contribution in [-0.4, -0.2) is 10.9 Å². The molecule has 3 aromatic carbocycles. The molecule has 0 bridgehead atoms. The maximum Gasteiger partial charge on any atom is 0.255 e. The molecule has 1 amide bonds. The van der Waals surface area contributed by atoms with E-state index in [1.165, 1.54) is 0 Å². The Hall–Kier alpha value is -3.53. The van der Waals surface area contributed by atoms with E-state index >= 15 is 0 Å². The summed E-state index contributed by atoms with van der Waals surface area (Å²) in [5.74, 6) is 1.35. The number of anilines is 1. The number of H-pyrrole nitrogens is 1. The number of benzene rings is 3. The second-order valence-electron chi connectivity index (χ2n) is 5.67. The van der Waals surface area contributed by atoms with Gasteiger partial charge in [-0.15, -0.1) is 0 Å². The van der Waals surface area contributed by atoms with Crippen molar-refractivity contribution in [3.05, 3.63) is 90.6 Å². The summed E-state index contributed by atoms with van der Waals surface area (Å²) in [4.78, 5) is 15.5. The van der Waals surface area contributed by atoms with E-state index in [1.54, 1.807) is 0 Å². The molecule has 0 atom stereocenters. The van der Waals surface area contributed by atoms with Crippen molar-refractivity contribution >= 4 is 22.5 Å². The zero-order valence-electron chi connectivity index (χ0n) is 13.4. The predicted octanol–water partition coefficient (Wildman–Crippen LogP) is 5.21. The van der Waals surface area contributed by atoms with Crippen molar-refractivity contribution in [2.45, 2.75) is 0 Å². The van der Waals surface area contributed by atoms with Crippen LogP contribution in [0, 0.1) is 0 Å². The van der Waals surface area contributed by atoms with Gasteiger partial charge in [0.15, 0.2) is 0 Å². The number of carbonyl (C=O) groups is 1. The van der Waals surface area contributed by atoms with Crippen molar-refractivity contribution < 1.29 is 9.53 Å². The van der Waals surface area contributed by atoms with Crippen molar-refractivity contribution in [2.75, 3.05) is 5.32 Å². The fourth-order valence-corrected chi connectivity index (χ4v) is 2.62. The number of rotatable bonds is 4. The van der Waals surface area contributed by atoms with Crippen LogP contribution >= 0.6 is 0 Å². The first-order valence-electron chi connectivity index (χ1n) is 7.99. The minimum atomic E-state index is -0.145. The number of para-hydroxylation sites is 1. The molecule has 4 heteroatoms. The summed E-state index contributed by atoms with van der Waals surface area (Å²) < 4.78 is 5.75. The van der Waals surface area contributed by atoms with E-state index in [4.69, 9.17) is 4.74 Å². The Balaban J connectivity index is 1.46. The smallest absolute Gasteiger partial charge is 0.255 e. The van der Waals surface area contributed by atoms with Gasteiger partial charge >= 0.3 is 0 Å². The topological polar surface area (TPSA) is 54.1 Å². The van der Waals surface area contributed by atoms with Gasteiger partial charge in [-0.3, -0.25) is 4.79 Å². The second-order valence-corrected chi connectivity index (χ2v) is 5.67. The molecule has 0 spiro atoms. The van der Waals surface area contributed by atoms with Gasteiger partial charge in [-0.25, -0.2) is 0 Å². The molecule has 0 unspecified atom stereocenters. The summed E-state index contributed by atoms with van der Waals surface area (Å²) in [5.41, 5.74) is 2.27. The predicted molar refractivity (Wildman–Crippen MR) is 99.2 cm³/mol. The first-order valence-corrected chi connectivity index (χ1v) is 7.99. The van der Waals surface area contributed by atoms with E-state index in [-0.39, 0.29) is 5.91 Å². The van der Waals surface area contributed by atoms with E-state index in [0.29, 0.717) is 5.56 Å². The molecule has 1 aromatic heterocycles. The van der Waals surface area contributed by atoms with Gasteiger partial charge in [0.25, 0.3) is 5.91 Å². The molecule has 25 heavy (non-hydrogen) atoms. The van der Waals surface area contributed by atoms with Crippen LogP contribution in [0.4, 0.5) is 5.69 Å². The summed E-state index contributed by atoms with van der Waals surface area (Å²) >= 11 is 0. The standard InChI is InChI=1S/C21H16N2O2/c24-21(16-7-6-15-12-13-22-20(15)14-16)23-17-8-10-19(11-9-17)25-18-4-2-1-3-5-18/h1-14,22H,(H,23,24). The average molecular weight is 328 g/mol. The Morgan fingerprint density at radius 3 is 2.40 bits per heavy atom.